The fourth-order valence-electron chi connectivity index (χ4n) is 1.30. The molecule has 2 heterocycles. The van der Waals surface area contributed by atoms with Crippen molar-refractivity contribution in [3.05, 3.63) is 16.4 Å². The molecule has 0 aromatic carbocycles. The third kappa shape index (κ3) is 1.53. The molecule has 1 unspecified atom stereocenters. The monoisotopic (exact) mass is 245 g/mol. The molecule has 0 bridgehead atoms. The van der Waals surface area contributed by atoms with Crippen molar-refractivity contribution in [1.29, 1.82) is 0 Å². The number of aromatic nitrogens is 2. The summed E-state index contributed by atoms with van der Waals surface area (Å²) in [5.41, 5.74) is 0.880. The molecule has 1 fully saturated rings. The molecule has 0 radical (unpaired) electrons. The lowest BCUT2D eigenvalue weighted by atomic mass is 10.2. The lowest BCUT2D eigenvalue weighted by Gasteiger charge is -2.06. The summed E-state index contributed by atoms with van der Waals surface area (Å²) in [6.45, 7) is 0.505. The van der Waals surface area contributed by atoms with E-state index in [4.69, 9.17) is 4.74 Å². The van der Waals surface area contributed by atoms with Crippen LogP contribution < -0.4 is 5.32 Å². The highest BCUT2D eigenvalue weighted by atomic mass is 79.9. The zero-order valence-corrected chi connectivity index (χ0v) is 8.54. The number of cyclic esters (lactones) is 1. The first-order chi connectivity index (χ1) is 6.16. The number of nitrogens with one attached hydrogen (secondary N) is 1. The Kier molecular flexibility index (Phi) is 1.99. The van der Waals surface area contributed by atoms with Crippen LogP contribution in [0.5, 0.6) is 0 Å². The number of ether oxygens (including phenoxy) is 1. The molecule has 1 aromatic rings. The van der Waals surface area contributed by atoms with Gasteiger partial charge in [0.2, 0.25) is 0 Å². The molecule has 1 N–H and O–H groups in total. The van der Waals surface area contributed by atoms with Crippen LogP contribution in [0.2, 0.25) is 0 Å². The summed E-state index contributed by atoms with van der Waals surface area (Å²) in [4.78, 5) is 10.8. The lowest BCUT2D eigenvalue weighted by molar-refractivity contribution is 0.137. The topological polar surface area (TPSA) is 56.2 Å². The van der Waals surface area contributed by atoms with Gasteiger partial charge in [-0.1, -0.05) is 0 Å². The van der Waals surface area contributed by atoms with E-state index in [0.29, 0.717) is 6.54 Å². The number of amides is 1. The molecule has 1 aromatic heterocycles. The van der Waals surface area contributed by atoms with Gasteiger partial charge < -0.3 is 10.1 Å². The SMILES string of the molecule is Cn1nc(Br)cc1C1CNC(=O)O1. The average molecular weight is 246 g/mol. The van der Waals surface area contributed by atoms with Gasteiger partial charge in [-0.25, -0.2) is 4.79 Å². The highest BCUT2D eigenvalue weighted by Crippen LogP contribution is 2.22. The Morgan fingerprint density at radius 3 is 3.08 bits per heavy atom. The van der Waals surface area contributed by atoms with Crippen LogP contribution in [0.15, 0.2) is 10.7 Å². The average Bonchev–Trinajstić information content (AvgIpc) is 2.58. The summed E-state index contributed by atoms with van der Waals surface area (Å²) in [6, 6.07) is 1.84. The van der Waals surface area contributed by atoms with E-state index >= 15 is 0 Å². The predicted molar refractivity (Wildman–Crippen MR) is 48.1 cm³/mol. The van der Waals surface area contributed by atoms with E-state index in [1.165, 1.54) is 0 Å². The summed E-state index contributed by atoms with van der Waals surface area (Å²) in [5, 5.41) is 6.68. The standard InChI is InChI=1S/C7H8BrN3O2/c1-11-4(2-6(8)10-11)5-3-9-7(12)13-5/h2,5H,3H2,1H3,(H,9,12). The van der Waals surface area contributed by atoms with E-state index in [1.54, 1.807) is 4.68 Å². The van der Waals surface area contributed by atoms with Crippen LogP contribution in [0, 0.1) is 0 Å². The van der Waals surface area contributed by atoms with Gasteiger partial charge in [0.25, 0.3) is 0 Å². The van der Waals surface area contributed by atoms with E-state index in [1.807, 2.05) is 13.1 Å². The molecule has 13 heavy (non-hydrogen) atoms. The summed E-state index contributed by atoms with van der Waals surface area (Å²) < 4.78 is 7.44. The maximum absolute atomic E-state index is 10.8. The minimum atomic E-state index is -0.373. The zero-order chi connectivity index (χ0) is 9.42. The van der Waals surface area contributed by atoms with Crippen molar-refractivity contribution in [2.45, 2.75) is 6.10 Å². The third-order valence-corrected chi connectivity index (χ3v) is 2.28. The first-order valence-corrected chi connectivity index (χ1v) is 4.60. The quantitative estimate of drug-likeness (QED) is 0.803. The van der Waals surface area contributed by atoms with Crippen LogP contribution in [0.3, 0.4) is 0 Å². The number of hydrogen-bond donors (Lipinski definition) is 1. The Balaban J connectivity index is 2.25. The van der Waals surface area contributed by atoms with Crippen molar-refractivity contribution in [2.24, 2.45) is 7.05 Å². The smallest absolute Gasteiger partial charge is 0.408 e. The van der Waals surface area contributed by atoms with Crippen molar-refractivity contribution in [3.8, 4) is 0 Å². The number of hydrogen-bond acceptors (Lipinski definition) is 3. The number of nitrogens with zero attached hydrogens (tertiary/aromatic N) is 2. The molecule has 0 saturated carbocycles. The molecular formula is C7H8BrN3O2. The van der Waals surface area contributed by atoms with Gasteiger partial charge in [0.1, 0.15) is 4.60 Å². The molecule has 1 atom stereocenters. The molecule has 1 saturated heterocycles. The van der Waals surface area contributed by atoms with E-state index < -0.39 is 0 Å². The molecule has 1 amide bonds. The fourth-order valence-corrected chi connectivity index (χ4v) is 1.77. The van der Waals surface area contributed by atoms with Gasteiger partial charge >= 0.3 is 6.09 Å². The van der Waals surface area contributed by atoms with Gasteiger partial charge in [-0.3, -0.25) is 4.68 Å². The zero-order valence-electron chi connectivity index (χ0n) is 6.95. The van der Waals surface area contributed by atoms with Crippen LogP contribution in [0.4, 0.5) is 4.79 Å². The molecule has 2 rings (SSSR count). The number of halogens is 1. The Morgan fingerprint density at radius 1 is 1.85 bits per heavy atom. The molecule has 5 nitrogen and oxygen atoms in total. The lowest BCUT2D eigenvalue weighted by Crippen LogP contribution is -2.13. The van der Waals surface area contributed by atoms with Crippen molar-refractivity contribution < 1.29 is 9.53 Å². The maximum atomic E-state index is 10.8. The van der Waals surface area contributed by atoms with Gasteiger partial charge in [-0.2, -0.15) is 5.10 Å². The van der Waals surface area contributed by atoms with Crippen LogP contribution in [-0.2, 0) is 11.8 Å². The minimum Gasteiger partial charge on any atom is -0.438 e. The van der Waals surface area contributed by atoms with E-state index in [0.717, 1.165) is 10.3 Å². The number of carbonyl (C=O) groups excluding carboxylic acids is 1. The van der Waals surface area contributed by atoms with Crippen LogP contribution in [-0.4, -0.2) is 22.4 Å². The van der Waals surface area contributed by atoms with Crippen molar-refractivity contribution >= 4 is 22.0 Å². The molecule has 6 heteroatoms. The fraction of sp³-hybridized carbons (Fsp3) is 0.429. The molecular weight excluding hydrogens is 238 g/mol. The highest BCUT2D eigenvalue weighted by Gasteiger charge is 2.26. The van der Waals surface area contributed by atoms with E-state index in [-0.39, 0.29) is 12.2 Å². The molecule has 1 aliphatic heterocycles. The van der Waals surface area contributed by atoms with Crippen molar-refractivity contribution in [2.75, 3.05) is 6.54 Å². The Morgan fingerprint density at radius 2 is 2.62 bits per heavy atom. The number of carbonyl (C=O) groups is 1. The van der Waals surface area contributed by atoms with Gasteiger partial charge in [0, 0.05) is 7.05 Å². The summed E-state index contributed by atoms with van der Waals surface area (Å²) in [5.74, 6) is 0. The molecule has 70 valence electrons. The van der Waals surface area contributed by atoms with E-state index in [2.05, 4.69) is 26.3 Å². The first-order valence-electron chi connectivity index (χ1n) is 3.81. The second-order valence-corrected chi connectivity index (χ2v) is 3.60. The highest BCUT2D eigenvalue weighted by molar-refractivity contribution is 9.10. The Labute approximate surface area is 83.2 Å². The van der Waals surface area contributed by atoms with Gasteiger partial charge in [-0.15, -0.1) is 0 Å². The van der Waals surface area contributed by atoms with Gasteiger partial charge in [-0.05, 0) is 22.0 Å². The normalized spacial score (nSPS) is 21.4. The van der Waals surface area contributed by atoms with Crippen molar-refractivity contribution in [3.63, 3.8) is 0 Å². The number of alkyl carbamates (subject to hydrolysis) is 1. The third-order valence-electron chi connectivity index (χ3n) is 1.90. The summed E-state index contributed by atoms with van der Waals surface area (Å²) in [6.07, 6.45) is -0.598. The minimum absolute atomic E-state index is 0.226. The summed E-state index contributed by atoms with van der Waals surface area (Å²) >= 11 is 3.25. The van der Waals surface area contributed by atoms with Gasteiger partial charge in [0.15, 0.2) is 6.10 Å². The molecule has 0 spiro atoms. The maximum Gasteiger partial charge on any atom is 0.408 e. The van der Waals surface area contributed by atoms with Crippen molar-refractivity contribution in [1.82, 2.24) is 15.1 Å². The predicted octanol–water partition coefficient (Wildman–Crippen LogP) is 0.963. The first kappa shape index (κ1) is 8.55. The van der Waals surface area contributed by atoms with E-state index in [9.17, 15) is 4.79 Å². The Bertz CT molecular complexity index is 350. The largest absolute Gasteiger partial charge is 0.438 e. The van der Waals surface area contributed by atoms with Crippen LogP contribution >= 0.6 is 15.9 Å². The Hall–Kier alpha value is -1.04. The van der Waals surface area contributed by atoms with Crippen LogP contribution in [0.1, 0.15) is 11.8 Å². The van der Waals surface area contributed by atoms with Gasteiger partial charge in [0.05, 0.1) is 12.2 Å². The summed E-state index contributed by atoms with van der Waals surface area (Å²) in [7, 11) is 1.81. The second-order valence-electron chi connectivity index (χ2n) is 2.79. The van der Waals surface area contributed by atoms with Crippen LogP contribution in [0.25, 0.3) is 0 Å². The molecule has 0 aliphatic carbocycles. The molecule has 1 aliphatic rings. The number of rotatable bonds is 1. The number of aryl methyl sites for hydroxylation is 1. The second kappa shape index (κ2) is 3.02.